The molecular weight excluding hydrogens is 345 g/mol. The van der Waals surface area contributed by atoms with Gasteiger partial charge in [-0.05, 0) is 51.8 Å². The van der Waals surface area contributed by atoms with Gasteiger partial charge in [-0.2, -0.15) is 5.26 Å². The maximum absolute atomic E-state index is 13.3. The fourth-order valence-electron chi connectivity index (χ4n) is 2.30. The van der Waals surface area contributed by atoms with Gasteiger partial charge in [-0.15, -0.1) is 0 Å². The molecule has 0 bridgehead atoms. The molecule has 3 nitrogen and oxygen atoms in total. The quantitative estimate of drug-likeness (QED) is 0.633. The van der Waals surface area contributed by atoms with Crippen LogP contribution in [0.25, 0.3) is 22.7 Å². The molecule has 0 saturated heterocycles. The van der Waals surface area contributed by atoms with Crippen LogP contribution in [0.15, 0.2) is 46.9 Å². The van der Waals surface area contributed by atoms with Gasteiger partial charge in [0.15, 0.2) is 5.82 Å². The number of para-hydroxylation sites is 2. The van der Waals surface area contributed by atoms with Crippen molar-refractivity contribution in [1.29, 1.82) is 5.26 Å². The third-order valence-corrected chi connectivity index (χ3v) is 4.01. The molecule has 0 fully saturated rings. The third kappa shape index (κ3) is 2.53. The lowest BCUT2D eigenvalue weighted by Crippen LogP contribution is -1.96. The van der Waals surface area contributed by atoms with E-state index in [9.17, 15) is 9.65 Å². The Morgan fingerprint density at radius 2 is 2.09 bits per heavy atom. The zero-order valence-electron chi connectivity index (χ0n) is 11.7. The van der Waals surface area contributed by atoms with Crippen molar-refractivity contribution >= 4 is 38.6 Å². The Bertz CT molecular complexity index is 935. The van der Waals surface area contributed by atoms with Gasteiger partial charge in [0.2, 0.25) is 0 Å². The van der Waals surface area contributed by atoms with Crippen molar-refractivity contribution in [2.45, 2.75) is 0 Å². The summed E-state index contributed by atoms with van der Waals surface area (Å²) in [7, 11) is 1.87. The minimum absolute atomic E-state index is 0.335. The summed E-state index contributed by atoms with van der Waals surface area (Å²) < 4.78 is 15.5. The van der Waals surface area contributed by atoms with Crippen molar-refractivity contribution in [2.75, 3.05) is 0 Å². The molecule has 0 aliphatic heterocycles. The summed E-state index contributed by atoms with van der Waals surface area (Å²) in [5.41, 5.74) is 2.95. The molecule has 0 unspecified atom stereocenters. The number of rotatable bonds is 2. The molecule has 0 saturated carbocycles. The number of nitrogens with zero attached hydrogens (tertiary/aromatic N) is 3. The van der Waals surface area contributed by atoms with Crippen LogP contribution < -0.4 is 0 Å². The molecule has 2 aromatic carbocycles. The zero-order valence-corrected chi connectivity index (χ0v) is 13.3. The molecule has 0 spiro atoms. The second-order valence-corrected chi connectivity index (χ2v) is 5.68. The summed E-state index contributed by atoms with van der Waals surface area (Å²) in [4.78, 5) is 4.51. The van der Waals surface area contributed by atoms with E-state index in [1.807, 2.05) is 35.9 Å². The first-order valence-electron chi connectivity index (χ1n) is 6.59. The molecule has 0 aliphatic carbocycles. The number of halogens is 2. The van der Waals surface area contributed by atoms with Crippen molar-refractivity contribution in [3.8, 4) is 6.07 Å². The molecule has 3 rings (SSSR count). The lowest BCUT2D eigenvalue weighted by molar-refractivity contribution is 0.621. The zero-order chi connectivity index (χ0) is 15.7. The van der Waals surface area contributed by atoms with Crippen molar-refractivity contribution < 1.29 is 4.39 Å². The van der Waals surface area contributed by atoms with E-state index in [1.54, 1.807) is 18.2 Å². The first-order chi connectivity index (χ1) is 10.6. The molecule has 0 amide bonds. The smallest absolute Gasteiger partial charge is 0.151 e. The fourth-order valence-corrected chi connectivity index (χ4v) is 2.70. The van der Waals surface area contributed by atoms with Gasteiger partial charge in [0.05, 0.1) is 21.1 Å². The average molecular weight is 356 g/mol. The number of hydrogen-bond acceptors (Lipinski definition) is 2. The maximum atomic E-state index is 13.3. The number of hydrogen-bond donors (Lipinski definition) is 0. The highest BCUT2D eigenvalue weighted by molar-refractivity contribution is 9.10. The number of nitriles is 1. The van der Waals surface area contributed by atoms with Gasteiger partial charge in [-0.25, -0.2) is 9.37 Å². The first-order valence-corrected chi connectivity index (χ1v) is 7.38. The predicted molar refractivity (Wildman–Crippen MR) is 88.3 cm³/mol. The Morgan fingerprint density at radius 3 is 2.77 bits per heavy atom. The predicted octanol–water partition coefficient (Wildman–Crippen LogP) is 4.54. The summed E-state index contributed by atoms with van der Waals surface area (Å²) in [6, 6.07) is 14.5. The average Bonchev–Trinajstić information content (AvgIpc) is 2.86. The minimum Gasteiger partial charge on any atom is -0.327 e. The van der Waals surface area contributed by atoms with E-state index in [0.717, 1.165) is 16.6 Å². The molecular formula is C17H11BrFN3. The highest BCUT2D eigenvalue weighted by atomic mass is 79.9. The van der Waals surface area contributed by atoms with E-state index in [-0.39, 0.29) is 5.82 Å². The Labute approximate surface area is 135 Å². The van der Waals surface area contributed by atoms with Crippen LogP contribution in [-0.4, -0.2) is 9.55 Å². The molecule has 0 radical (unpaired) electrons. The standard InChI is InChI=1S/C17H11BrFN3/c1-22-16-5-3-2-4-15(16)21-17(22)12(10-20)8-11-6-7-14(19)13(18)9-11/h2-9H,1H3/b12-8+. The summed E-state index contributed by atoms with van der Waals surface area (Å²) >= 11 is 3.15. The molecule has 22 heavy (non-hydrogen) atoms. The molecule has 3 aromatic rings. The van der Waals surface area contributed by atoms with Crippen LogP contribution in [0, 0.1) is 17.1 Å². The number of benzene rings is 2. The largest absolute Gasteiger partial charge is 0.327 e. The van der Waals surface area contributed by atoms with Gasteiger partial charge in [0.25, 0.3) is 0 Å². The fraction of sp³-hybridized carbons (Fsp3) is 0.0588. The van der Waals surface area contributed by atoms with Crippen LogP contribution in [-0.2, 0) is 7.05 Å². The van der Waals surface area contributed by atoms with Gasteiger partial charge in [0.1, 0.15) is 11.9 Å². The number of fused-ring (bicyclic) bond motifs is 1. The van der Waals surface area contributed by atoms with Crippen LogP contribution in [0.3, 0.4) is 0 Å². The lowest BCUT2D eigenvalue weighted by atomic mass is 10.1. The molecule has 0 aliphatic rings. The molecule has 108 valence electrons. The Hall–Kier alpha value is -2.45. The summed E-state index contributed by atoms with van der Waals surface area (Å²) in [6.45, 7) is 0. The van der Waals surface area contributed by atoms with Gasteiger partial charge < -0.3 is 4.57 Å². The van der Waals surface area contributed by atoms with E-state index in [2.05, 4.69) is 27.0 Å². The van der Waals surface area contributed by atoms with Crippen LogP contribution >= 0.6 is 15.9 Å². The van der Waals surface area contributed by atoms with Gasteiger partial charge >= 0.3 is 0 Å². The number of aryl methyl sites for hydroxylation is 1. The first kappa shape index (κ1) is 14.5. The highest BCUT2D eigenvalue weighted by Gasteiger charge is 2.12. The summed E-state index contributed by atoms with van der Waals surface area (Å²) in [5.74, 6) is 0.252. The Kier molecular flexibility index (Phi) is 3.78. The maximum Gasteiger partial charge on any atom is 0.151 e. The van der Waals surface area contributed by atoms with E-state index < -0.39 is 0 Å². The lowest BCUT2D eigenvalue weighted by Gasteiger charge is -2.02. The molecule has 1 heterocycles. The van der Waals surface area contributed by atoms with Crippen LogP contribution in [0.5, 0.6) is 0 Å². The van der Waals surface area contributed by atoms with Gasteiger partial charge in [-0.3, -0.25) is 0 Å². The van der Waals surface area contributed by atoms with E-state index in [1.165, 1.54) is 6.07 Å². The van der Waals surface area contributed by atoms with Crippen LogP contribution in [0.1, 0.15) is 11.4 Å². The van der Waals surface area contributed by atoms with Crippen molar-refractivity contribution in [3.63, 3.8) is 0 Å². The number of aromatic nitrogens is 2. The molecule has 1 aromatic heterocycles. The summed E-state index contributed by atoms with van der Waals surface area (Å²) in [6.07, 6.45) is 1.70. The molecule has 5 heteroatoms. The monoisotopic (exact) mass is 355 g/mol. The summed E-state index contributed by atoms with van der Waals surface area (Å²) in [5, 5.41) is 9.46. The molecule has 0 N–H and O–H groups in total. The SMILES string of the molecule is Cn1c(/C(C#N)=C/c2ccc(F)c(Br)c2)nc2ccccc21. The Balaban J connectivity index is 2.13. The van der Waals surface area contributed by atoms with Crippen molar-refractivity contribution in [3.05, 3.63) is 64.1 Å². The van der Waals surface area contributed by atoms with E-state index in [0.29, 0.717) is 15.9 Å². The van der Waals surface area contributed by atoms with Crippen LogP contribution in [0.4, 0.5) is 4.39 Å². The van der Waals surface area contributed by atoms with Gasteiger partial charge in [-0.1, -0.05) is 18.2 Å². The van der Waals surface area contributed by atoms with E-state index >= 15 is 0 Å². The van der Waals surface area contributed by atoms with Crippen LogP contribution in [0.2, 0.25) is 0 Å². The topological polar surface area (TPSA) is 41.6 Å². The molecule has 0 atom stereocenters. The second kappa shape index (κ2) is 5.74. The number of imidazole rings is 1. The van der Waals surface area contributed by atoms with Gasteiger partial charge in [0, 0.05) is 7.05 Å². The van der Waals surface area contributed by atoms with E-state index in [4.69, 9.17) is 0 Å². The Morgan fingerprint density at radius 1 is 1.32 bits per heavy atom. The van der Waals surface area contributed by atoms with Crippen molar-refractivity contribution in [1.82, 2.24) is 9.55 Å². The minimum atomic E-state index is -0.335. The van der Waals surface area contributed by atoms with Crippen molar-refractivity contribution in [2.24, 2.45) is 7.05 Å². The highest BCUT2D eigenvalue weighted by Crippen LogP contribution is 2.24. The third-order valence-electron chi connectivity index (χ3n) is 3.40. The number of allylic oxidation sites excluding steroid dienone is 1. The second-order valence-electron chi connectivity index (χ2n) is 4.83. The normalized spacial score (nSPS) is 11.6.